The molecule has 0 bridgehead atoms. The first kappa shape index (κ1) is 18.7. The van der Waals surface area contributed by atoms with Gasteiger partial charge >= 0.3 is 23.9 Å². The molecule has 0 aromatic rings. The van der Waals surface area contributed by atoms with E-state index in [0.29, 0.717) is 12.2 Å². The average Bonchev–Trinajstić information content (AvgIpc) is 2.23. The van der Waals surface area contributed by atoms with Crippen molar-refractivity contribution in [3.8, 4) is 0 Å². The molecule has 0 radical (unpaired) electrons. The van der Waals surface area contributed by atoms with E-state index >= 15 is 0 Å². The van der Waals surface area contributed by atoms with Crippen LogP contribution in [0, 0.1) is 0 Å². The number of ether oxygens (including phenoxy) is 1. The third kappa shape index (κ3) is 21.2. The summed E-state index contributed by atoms with van der Waals surface area (Å²) >= 11 is 0. The SMILES string of the molecule is CC(C)OC(=O)C=CC(=O)O.O=C(O)C=CC(=O)O. The molecule has 0 unspecified atom stereocenters. The van der Waals surface area contributed by atoms with Crippen LogP contribution in [0.15, 0.2) is 24.3 Å². The molecule has 0 fully saturated rings. The zero-order chi connectivity index (χ0) is 15.4. The summed E-state index contributed by atoms with van der Waals surface area (Å²) < 4.78 is 4.61. The molecular weight excluding hydrogens is 260 g/mol. The van der Waals surface area contributed by atoms with E-state index in [0.717, 1.165) is 12.2 Å². The van der Waals surface area contributed by atoms with Crippen molar-refractivity contribution >= 4 is 23.9 Å². The molecule has 0 saturated heterocycles. The second kappa shape index (κ2) is 10.5. The van der Waals surface area contributed by atoms with Crippen molar-refractivity contribution in [1.82, 2.24) is 0 Å². The van der Waals surface area contributed by atoms with Gasteiger partial charge in [0.1, 0.15) is 0 Å². The monoisotopic (exact) mass is 274 g/mol. The van der Waals surface area contributed by atoms with Crippen molar-refractivity contribution in [1.29, 1.82) is 0 Å². The highest BCUT2D eigenvalue weighted by Crippen LogP contribution is 1.89. The number of hydrogen-bond acceptors (Lipinski definition) is 5. The van der Waals surface area contributed by atoms with Crippen molar-refractivity contribution in [3.05, 3.63) is 24.3 Å². The maximum atomic E-state index is 10.6. The predicted octanol–water partition coefficient (Wildman–Crippen LogP) is 0.291. The number of carbonyl (C=O) groups is 4. The molecule has 8 heteroatoms. The molecule has 0 aliphatic heterocycles. The minimum atomic E-state index is -1.26. The lowest BCUT2D eigenvalue weighted by atomic mass is 10.4. The van der Waals surface area contributed by atoms with Crippen LogP contribution in [-0.4, -0.2) is 45.3 Å². The minimum Gasteiger partial charge on any atom is -0.478 e. The summed E-state index contributed by atoms with van der Waals surface area (Å²) in [5.74, 6) is -4.31. The first-order valence-corrected chi connectivity index (χ1v) is 4.90. The molecular formula is C11H14O8. The average molecular weight is 274 g/mol. The molecule has 0 aromatic carbocycles. The van der Waals surface area contributed by atoms with E-state index in [2.05, 4.69) is 4.74 Å². The number of carboxylic acids is 3. The summed E-state index contributed by atoms with van der Waals surface area (Å²) in [5, 5.41) is 23.7. The molecule has 0 aromatic heterocycles. The Balaban J connectivity index is 0. The highest BCUT2D eigenvalue weighted by molar-refractivity contribution is 5.90. The molecule has 19 heavy (non-hydrogen) atoms. The molecule has 0 rings (SSSR count). The van der Waals surface area contributed by atoms with E-state index in [1.54, 1.807) is 13.8 Å². The zero-order valence-electron chi connectivity index (χ0n) is 10.3. The van der Waals surface area contributed by atoms with Gasteiger partial charge in [0.05, 0.1) is 6.10 Å². The largest absolute Gasteiger partial charge is 0.478 e. The van der Waals surface area contributed by atoms with E-state index in [-0.39, 0.29) is 6.10 Å². The molecule has 0 amide bonds. The Labute approximate surface area is 108 Å². The van der Waals surface area contributed by atoms with E-state index in [1.807, 2.05) is 0 Å². The summed E-state index contributed by atoms with van der Waals surface area (Å²) in [4.78, 5) is 39.6. The summed E-state index contributed by atoms with van der Waals surface area (Å²) in [6.45, 7) is 3.37. The minimum absolute atomic E-state index is 0.221. The first-order chi connectivity index (χ1) is 8.65. The van der Waals surface area contributed by atoms with E-state index in [4.69, 9.17) is 15.3 Å². The summed E-state index contributed by atoms with van der Waals surface area (Å²) in [7, 11) is 0. The van der Waals surface area contributed by atoms with Gasteiger partial charge in [-0.05, 0) is 13.8 Å². The fraction of sp³-hybridized carbons (Fsp3) is 0.273. The van der Waals surface area contributed by atoms with Crippen LogP contribution >= 0.6 is 0 Å². The van der Waals surface area contributed by atoms with Gasteiger partial charge in [0.15, 0.2) is 0 Å². The first-order valence-electron chi connectivity index (χ1n) is 4.90. The van der Waals surface area contributed by atoms with Crippen molar-refractivity contribution in [3.63, 3.8) is 0 Å². The molecule has 8 nitrogen and oxygen atoms in total. The van der Waals surface area contributed by atoms with Crippen LogP contribution in [-0.2, 0) is 23.9 Å². The maximum absolute atomic E-state index is 10.6. The summed E-state index contributed by atoms with van der Waals surface area (Å²) in [5.41, 5.74) is 0. The quantitative estimate of drug-likeness (QED) is 0.480. The molecule has 0 aliphatic carbocycles. The summed E-state index contributed by atoms with van der Waals surface area (Å²) in [6.07, 6.45) is 2.51. The van der Waals surface area contributed by atoms with E-state index < -0.39 is 23.9 Å². The predicted molar refractivity (Wildman–Crippen MR) is 62.4 cm³/mol. The van der Waals surface area contributed by atoms with Crippen molar-refractivity contribution in [2.24, 2.45) is 0 Å². The van der Waals surface area contributed by atoms with Gasteiger partial charge in [0.25, 0.3) is 0 Å². The lowest BCUT2D eigenvalue weighted by molar-refractivity contribution is -0.142. The van der Waals surface area contributed by atoms with E-state index in [9.17, 15) is 19.2 Å². The smallest absolute Gasteiger partial charge is 0.331 e. The van der Waals surface area contributed by atoms with Gasteiger partial charge in [-0.25, -0.2) is 19.2 Å². The standard InChI is InChI=1S/C7H10O4.C4H4O4/c1-5(2)11-7(10)4-3-6(8)9;5-3(6)1-2-4(7)8/h3-5H,1-2H3,(H,8,9);1-2H,(H,5,6)(H,7,8). The molecule has 106 valence electrons. The Morgan fingerprint density at radius 1 is 0.789 bits per heavy atom. The van der Waals surface area contributed by atoms with E-state index in [1.165, 1.54) is 0 Å². The lowest BCUT2D eigenvalue weighted by Gasteiger charge is -2.02. The molecule has 0 atom stereocenters. The fourth-order valence-corrected chi connectivity index (χ4v) is 0.553. The number of aliphatic carboxylic acids is 3. The van der Waals surface area contributed by atoms with Crippen molar-refractivity contribution < 1.29 is 39.2 Å². The van der Waals surface area contributed by atoms with Gasteiger partial charge < -0.3 is 20.1 Å². The van der Waals surface area contributed by atoms with Crippen LogP contribution in [0.5, 0.6) is 0 Å². The van der Waals surface area contributed by atoms with Crippen LogP contribution in [0.25, 0.3) is 0 Å². The van der Waals surface area contributed by atoms with Crippen LogP contribution in [0.4, 0.5) is 0 Å². The molecule has 0 aliphatic rings. The normalized spacial score (nSPS) is 10.1. The molecule has 0 spiro atoms. The molecule has 3 N–H and O–H groups in total. The Morgan fingerprint density at radius 2 is 1.11 bits per heavy atom. The number of hydrogen-bond donors (Lipinski definition) is 3. The number of carbonyl (C=O) groups excluding carboxylic acids is 1. The maximum Gasteiger partial charge on any atom is 0.331 e. The number of esters is 1. The highest BCUT2D eigenvalue weighted by Gasteiger charge is 2.00. The van der Waals surface area contributed by atoms with Gasteiger partial charge in [0, 0.05) is 24.3 Å². The topological polar surface area (TPSA) is 138 Å². The van der Waals surface area contributed by atoms with Gasteiger partial charge in [-0.2, -0.15) is 0 Å². The van der Waals surface area contributed by atoms with Crippen LogP contribution < -0.4 is 0 Å². The van der Waals surface area contributed by atoms with Crippen molar-refractivity contribution in [2.45, 2.75) is 20.0 Å². The zero-order valence-corrected chi connectivity index (χ0v) is 10.3. The van der Waals surface area contributed by atoms with Crippen LogP contribution in [0.2, 0.25) is 0 Å². The third-order valence-corrected chi connectivity index (χ3v) is 1.08. The van der Waals surface area contributed by atoms with Gasteiger partial charge in [0.2, 0.25) is 0 Å². The van der Waals surface area contributed by atoms with Crippen LogP contribution in [0.1, 0.15) is 13.8 Å². The Kier molecular flexibility index (Phi) is 10.4. The van der Waals surface area contributed by atoms with Crippen LogP contribution in [0.3, 0.4) is 0 Å². The van der Waals surface area contributed by atoms with Gasteiger partial charge in [-0.1, -0.05) is 0 Å². The van der Waals surface area contributed by atoms with Gasteiger partial charge in [-0.15, -0.1) is 0 Å². The second-order valence-electron chi connectivity index (χ2n) is 3.17. The second-order valence-corrected chi connectivity index (χ2v) is 3.17. The Morgan fingerprint density at radius 3 is 1.37 bits per heavy atom. The number of carboxylic acid groups (broad SMARTS) is 3. The molecule has 0 saturated carbocycles. The number of rotatable bonds is 5. The fourth-order valence-electron chi connectivity index (χ4n) is 0.553. The lowest BCUT2D eigenvalue weighted by Crippen LogP contribution is -2.08. The Bertz CT molecular complexity index is 375. The molecule has 0 heterocycles. The highest BCUT2D eigenvalue weighted by atomic mass is 16.5. The Hall–Kier alpha value is -2.64. The third-order valence-electron chi connectivity index (χ3n) is 1.08. The van der Waals surface area contributed by atoms with Gasteiger partial charge in [-0.3, -0.25) is 0 Å². The summed E-state index contributed by atoms with van der Waals surface area (Å²) in [6, 6.07) is 0. The van der Waals surface area contributed by atoms with Crippen molar-refractivity contribution in [2.75, 3.05) is 0 Å².